The molecule has 0 aliphatic carbocycles. The first kappa shape index (κ1) is 20.7. The van der Waals surface area contributed by atoms with Crippen molar-refractivity contribution in [1.29, 1.82) is 0 Å². The van der Waals surface area contributed by atoms with Crippen LogP contribution >= 0.6 is 24.0 Å². The summed E-state index contributed by atoms with van der Waals surface area (Å²) in [6.07, 6.45) is 3.87. The summed E-state index contributed by atoms with van der Waals surface area (Å²) in [6.45, 7) is 3.71. The second-order valence-corrected chi connectivity index (χ2v) is 5.98. The number of nitrogens with one attached hydrogen (secondary N) is 1. The van der Waals surface area contributed by atoms with Crippen molar-refractivity contribution >= 4 is 41.5 Å². The molecule has 1 aliphatic rings. The third-order valence-corrected chi connectivity index (χ3v) is 4.20. The first-order valence-corrected chi connectivity index (χ1v) is 8.29. The summed E-state index contributed by atoms with van der Waals surface area (Å²) < 4.78 is 0. The van der Waals surface area contributed by atoms with Gasteiger partial charge in [0, 0.05) is 18.2 Å². The van der Waals surface area contributed by atoms with Crippen molar-refractivity contribution < 1.29 is 4.79 Å². The number of amides is 1. The van der Waals surface area contributed by atoms with Crippen molar-refractivity contribution in [2.24, 2.45) is 22.4 Å². The first-order chi connectivity index (χ1) is 11.1. The quantitative estimate of drug-likeness (QED) is 0.259. The molecule has 0 unspecified atom stereocenters. The van der Waals surface area contributed by atoms with Crippen LogP contribution in [0, 0.1) is 5.92 Å². The average Bonchev–Trinajstić information content (AvgIpc) is 2.56. The molecule has 6 nitrogen and oxygen atoms in total. The fourth-order valence-electron chi connectivity index (χ4n) is 2.80. The van der Waals surface area contributed by atoms with Crippen LogP contribution in [0.4, 0.5) is 5.69 Å². The Kier molecular flexibility index (Phi) is 9.70. The maximum atomic E-state index is 11.1. The third kappa shape index (κ3) is 7.48. The van der Waals surface area contributed by atoms with Gasteiger partial charge in [-0.1, -0.05) is 18.2 Å². The number of halogens is 1. The summed E-state index contributed by atoms with van der Waals surface area (Å²) in [6, 6.07) is 9.79. The number of piperidine rings is 1. The number of carbonyl (C=O) groups excluding carboxylic acids is 1. The van der Waals surface area contributed by atoms with Crippen molar-refractivity contribution in [2.75, 3.05) is 31.5 Å². The third-order valence-electron chi connectivity index (χ3n) is 4.20. The zero-order chi connectivity index (χ0) is 16.5. The van der Waals surface area contributed by atoms with Gasteiger partial charge < -0.3 is 21.7 Å². The highest BCUT2D eigenvalue weighted by molar-refractivity contribution is 14.0. The van der Waals surface area contributed by atoms with Crippen LogP contribution in [-0.4, -0.2) is 42.9 Å². The van der Waals surface area contributed by atoms with Gasteiger partial charge in [-0.25, -0.2) is 0 Å². The topological polar surface area (TPSA) is 96.7 Å². The number of benzene rings is 1. The van der Waals surface area contributed by atoms with E-state index in [0.717, 1.165) is 57.5 Å². The Morgan fingerprint density at radius 3 is 2.46 bits per heavy atom. The van der Waals surface area contributed by atoms with Crippen LogP contribution in [0.2, 0.25) is 0 Å². The van der Waals surface area contributed by atoms with Crippen LogP contribution in [0.25, 0.3) is 0 Å². The minimum Gasteiger partial charge on any atom is -0.370 e. The van der Waals surface area contributed by atoms with E-state index in [4.69, 9.17) is 11.5 Å². The van der Waals surface area contributed by atoms with E-state index < -0.39 is 0 Å². The molecule has 1 saturated heterocycles. The lowest BCUT2D eigenvalue weighted by Gasteiger charge is -2.30. The molecule has 0 radical (unpaired) electrons. The number of carbonyl (C=O) groups is 1. The van der Waals surface area contributed by atoms with Crippen LogP contribution < -0.4 is 16.8 Å². The van der Waals surface area contributed by atoms with E-state index in [9.17, 15) is 4.79 Å². The Balaban J connectivity index is 0.00000288. The summed E-state index contributed by atoms with van der Waals surface area (Å²) in [4.78, 5) is 17.9. The van der Waals surface area contributed by atoms with Crippen molar-refractivity contribution in [3.8, 4) is 0 Å². The summed E-state index contributed by atoms with van der Waals surface area (Å²) in [5, 5.41) is 3.07. The molecule has 24 heavy (non-hydrogen) atoms. The number of guanidine groups is 1. The van der Waals surface area contributed by atoms with Gasteiger partial charge in [0.05, 0.1) is 0 Å². The summed E-state index contributed by atoms with van der Waals surface area (Å²) in [5.74, 6) is 0.374. The van der Waals surface area contributed by atoms with E-state index in [2.05, 4.69) is 15.2 Å². The number of hydrogen-bond donors (Lipinski definition) is 3. The van der Waals surface area contributed by atoms with Crippen molar-refractivity contribution in [3.63, 3.8) is 0 Å². The molecule has 2 rings (SSSR count). The van der Waals surface area contributed by atoms with Gasteiger partial charge >= 0.3 is 0 Å². The van der Waals surface area contributed by atoms with Gasteiger partial charge in [-0.05, 0) is 57.5 Å². The Hall–Kier alpha value is -1.35. The zero-order valence-corrected chi connectivity index (χ0v) is 16.3. The van der Waals surface area contributed by atoms with Crippen molar-refractivity contribution in [2.45, 2.75) is 25.7 Å². The molecule has 1 heterocycles. The average molecular weight is 445 g/mol. The maximum Gasteiger partial charge on any atom is 0.220 e. The molecule has 0 atom stereocenters. The fourth-order valence-corrected chi connectivity index (χ4v) is 2.80. The zero-order valence-electron chi connectivity index (χ0n) is 14.0. The Morgan fingerprint density at radius 2 is 1.83 bits per heavy atom. The predicted molar refractivity (Wildman–Crippen MR) is 110 cm³/mol. The summed E-state index contributed by atoms with van der Waals surface area (Å²) in [7, 11) is 0. The lowest BCUT2D eigenvalue weighted by atomic mass is 9.96. The van der Waals surface area contributed by atoms with Crippen LogP contribution in [0.3, 0.4) is 0 Å². The molecule has 0 spiro atoms. The largest absolute Gasteiger partial charge is 0.370 e. The molecule has 5 N–H and O–H groups in total. The number of rotatable bonds is 7. The number of anilines is 1. The molecule has 0 saturated carbocycles. The molecular formula is C17H28IN5O. The van der Waals surface area contributed by atoms with E-state index >= 15 is 0 Å². The van der Waals surface area contributed by atoms with Crippen molar-refractivity contribution in [1.82, 2.24) is 4.90 Å². The van der Waals surface area contributed by atoms with Gasteiger partial charge in [-0.2, -0.15) is 0 Å². The van der Waals surface area contributed by atoms with Gasteiger partial charge in [-0.15, -0.1) is 24.0 Å². The van der Waals surface area contributed by atoms with Crippen LogP contribution in [0.15, 0.2) is 35.3 Å². The summed E-state index contributed by atoms with van der Waals surface area (Å²) in [5.41, 5.74) is 12.2. The molecule has 1 aromatic rings. The Bertz CT molecular complexity index is 515. The molecular weight excluding hydrogens is 417 g/mol. The van der Waals surface area contributed by atoms with Gasteiger partial charge in [0.2, 0.25) is 5.91 Å². The number of unbranched alkanes of at least 4 members (excludes halogenated alkanes) is 1. The molecule has 0 bridgehead atoms. The summed E-state index contributed by atoms with van der Waals surface area (Å²) >= 11 is 0. The molecule has 0 aromatic heterocycles. The maximum absolute atomic E-state index is 11.1. The van der Waals surface area contributed by atoms with E-state index in [1.807, 2.05) is 30.3 Å². The van der Waals surface area contributed by atoms with Crippen LogP contribution in [0.1, 0.15) is 25.7 Å². The standard InChI is InChI=1S/C17H27N5O.HI/c18-16(23)14-8-12-22(13-9-14)11-5-4-10-20-17(19)21-15-6-2-1-3-7-15;/h1-3,6-7,14H,4-5,8-13H2,(H2,18,23)(H3,19,20,21);1H. The molecule has 1 fully saturated rings. The lowest BCUT2D eigenvalue weighted by molar-refractivity contribution is -0.123. The first-order valence-electron chi connectivity index (χ1n) is 8.29. The highest BCUT2D eigenvalue weighted by Gasteiger charge is 2.22. The van der Waals surface area contributed by atoms with E-state index in [-0.39, 0.29) is 35.8 Å². The molecule has 1 amide bonds. The van der Waals surface area contributed by atoms with Gasteiger partial charge in [0.1, 0.15) is 0 Å². The highest BCUT2D eigenvalue weighted by Crippen LogP contribution is 2.16. The van der Waals surface area contributed by atoms with E-state index in [0.29, 0.717) is 5.96 Å². The second kappa shape index (κ2) is 11.2. The van der Waals surface area contributed by atoms with Gasteiger partial charge in [0.25, 0.3) is 0 Å². The molecule has 7 heteroatoms. The van der Waals surface area contributed by atoms with Gasteiger partial charge in [-0.3, -0.25) is 9.79 Å². The Labute approximate surface area is 161 Å². The number of hydrogen-bond acceptors (Lipinski definition) is 3. The van der Waals surface area contributed by atoms with Gasteiger partial charge in [0.15, 0.2) is 5.96 Å². The number of likely N-dealkylation sites (tertiary alicyclic amines) is 1. The molecule has 1 aromatic carbocycles. The minimum atomic E-state index is -0.152. The minimum absolute atomic E-state index is 0. The molecule has 134 valence electrons. The number of aliphatic imine (C=N–C) groups is 1. The normalized spacial score (nSPS) is 16.4. The van der Waals surface area contributed by atoms with E-state index in [1.54, 1.807) is 0 Å². The van der Waals surface area contributed by atoms with E-state index in [1.165, 1.54) is 0 Å². The van der Waals surface area contributed by atoms with Crippen molar-refractivity contribution in [3.05, 3.63) is 30.3 Å². The SMILES string of the molecule is I.NC(=O)C1CCN(CCCCN=C(N)Nc2ccccc2)CC1. The fraction of sp³-hybridized carbons (Fsp3) is 0.529. The monoisotopic (exact) mass is 445 g/mol. The number of para-hydroxylation sites is 1. The highest BCUT2D eigenvalue weighted by atomic mass is 127. The lowest BCUT2D eigenvalue weighted by Crippen LogP contribution is -2.38. The van der Waals surface area contributed by atoms with Crippen LogP contribution in [0.5, 0.6) is 0 Å². The second-order valence-electron chi connectivity index (χ2n) is 5.98. The predicted octanol–water partition coefficient (Wildman–Crippen LogP) is 2.01. The number of nitrogens with zero attached hydrogens (tertiary/aromatic N) is 2. The Morgan fingerprint density at radius 1 is 1.17 bits per heavy atom. The number of primary amides is 1. The smallest absolute Gasteiger partial charge is 0.220 e. The van der Waals surface area contributed by atoms with Crippen LogP contribution in [-0.2, 0) is 4.79 Å². The number of nitrogens with two attached hydrogens (primary N) is 2. The molecule has 1 aliphatic heterocycles.